The molecule has 124 valence electrons. The fourth-order valence-corrected chi connectivity index (χ4v) is 2.12. The van der Waals surface area contributed by atoms with E-state index >= 15 is 0 Å². The minimum Gasteiger partial charge on any atom is -0.494 e. The fraction of sp³-hybridized carbons (Fsp3) is 0.353. The van der Waals surface area contributed by atoms with Crippen molar-refractivity contribution in [2.24, 2.45) is 0 Å². The minimum atomic E-state index is -1.27. The van der Waals surface area contributed by atoms with E-state index in [0.29, 0.717) is 18.1 Å². The largest absolute Gasteiger partial charge is 0.494 e. The predicted octanol–water partition coefficient (Wildman–Crippen LogP) is 3.02. The molecule has 1 unspecified atom stereocenters. The number of urea groups is 1. The van der Waals surface area contributed by atoms with Gasteiger partial charge in [0.05, 0.1) is 19.4 Å². The molecule has 0 aliphatic heterocycles. The molecule has 0 saturated carbocycles. The maximum absolute atomic E-state index is 12.0. The fourth-order valence-electron chi connectivity index (χ4n) is 2.12. The van der Waals surface area contributed by atoms with E-state index in [-0.39, 0.29) is 6.54 Å². The van der Waals surface area contributed by atoms with Crippen molar-refractivity contribution in [2.45, 2.75) is 26.4 Å². The Balaban J connectivity index is 1.92. The van der Waals surface area contributed by atoms with Gasteiger partial charge < -0.3 is 24.9 Å². The highest BCUT2D eigenvalue weighted by molar-refractivity contribution is 5.90. The number of hydrogen-bond acceptors (Lipinski definition) is 4. The van der Waals surface area contributed by atoms with Gasteiger partial charge >= 0.3 is 6.03 Å². The highest BCUT2D eigenvalue weighted by Gasteiger charge is 2.26. The third-order valence-electron chi connectivity index (χ3n) is 3.40. The molecule has 1 heterocycles. The lowest BCUT2D eigenvalue weighted by Gasteiger charge is -2.21. The molecule has 1 aromatic heterocycles. The van der Waals surface area contributed by atoms with Gasteiger partial charge in [-0.25, -0.2) is 4.79 Å². The standard InChI is InChI=1S/C17H22N2O4/c1-4-22-13-7-8-14(12(2)10-13)19-16(20)18-11-17(3,21)15-6-5-9-23-15/h5-10,21H,4,11H2,1-3H3,(H2,18,19,20). The van der Waals surface area contributed by atoms with Gasteiger partial charge in [-0.3, -0.25) is 0 Å². The van der Waals surface area contributed by atoms with Crippen LogP contribution in [-0.2, 0) is 5.60 Å². The van der Waals surface area contributed by atoms with E-state index in [2.05, 4.69) is 10.6 Å². The number of furan rings is 1. The monoisotopic (exact) mass is 318 g/mol. The summed E-state index contributed by atoms with van der Waals surface area (Å²) in [5.74, 6) is 1.16. The maximum atomic E-state index is 12.0. The number of nitrogens with one attached hydrogen (secondary N) is 2. The van der Waals surface area contributed by atoms with Gasteiger partial charge in [0.15, 0.2) is 0 Å². The Bertz CT molecular complexity index is 651. The lowest BCUT2D eigenvalue weighted by Crippen LogP contribution is -2.40. The maximum Gasteiger partial charge on any atom is 0.319 e. The van der Waals surface area contributed by atoms with Gasteiger partial charge in [0.1, 0.15) is 17.1 Å². The summed E-state index contributed by atoms with van der Waals surface area (Å²) in [7, 11) is 0. The summed E-state index contributed by atoms with van der Waals surface area (Å²) in [4.78, 5) is 12.0. The second kappa shape index (κ2) is 7.19. The summed E-state index contributed by atoms with van der Waals surface area (Å²) in [6, 6.07) is 8.39. The molecule has 0 bridgehead atoms. The average molecular weight is 318 g/mol. The molecule has 2 amide bonds. The molecule has 1 aromatic carbocycles. The van der Waals surface area contributed by atoms with Crippen LogP contribution in [0.4, 0.5) is 10.5 Å². The first-order valence-corrected chi connectivity index (χ1v) is 7.47. The van der Waals surface area contributed by atoms with Gasteiger partial charge in [0.25, 0.3) is 0 Å². The van der Waals surface area contributed by atoms with E-state index in [1.165, 1.54) is 6.26 Å². The van der Waals surface area contributed by atoms with E-state index in [0.717, 1.165) is 11.3 Å². The number of aliphatic hydroxyl groups is 1. The molecule has 3 N–H and O–H groups in total. The quantitative estimate of drug-likeness (QED) is 0.764. The zero-order valence-corrected chi connectivity index (χ0v) is 13.6. The SMILES string of the molecule is CCOc1ccc(NC(=O)NCC(C)(O)c2ccco2)c(C)c1. The van der Waals surface area contributed by atoms with Crippen molar-refractivity contribution >= 4 is 11.7 Å². The number of carbonyl (C=O) groups excluding carboxylic acids is 1. The lowest BCUT2D eigenvalue weighted by atomic mass is 10.0. The van der Waals surface area contributed by atoms with E-state index in [1.54, 1.807) is 31.2 Å². The van der Waals surface area contributed by atoms with Crippen LogP contribution >= 0.6 is 0 Å². The Kier molecular flexibility index (Phi) is 5.28. The summed E-state index contributed by atoms with van der Waals surface area (Å²) in [6.07, 6.45) is 1.48. The van der Waals surface area contributed by atoms with E-state index in [9.17, 15) is 9.90 Å². The van der Waals surface area contributed by atoms with Crippen molar-refractivity contribution in [1.82, 2.24) is 5.32 Å². The van der Waals surface area contributed by atoms with Crippen molar-refractivity contribution in [1.29, 1.82) is 0 Å². The molecular weight excluding hydrogens is 296 g/mol. The van der Waals surface area contributed by atoms with Crippen LogP contribution in [-0.4, -0.2) is 24.3 Å². The molecule has 6 heteroatoms. The Morgan fingerprint density at radius 3 is 2.78 bits per heavy atom. The number of anilines is 1. The molecular formula is C17H22N2O4. The Hall–Kier alpha value is -2.47. The number of carbonyl (C=O) groups is 1. The summed E-state index contributed by atoms with van der Waals surface area (Å²) in [6.45, 7) is 6.00. The van der Waals surface area contributed by atoms with Gasteiger partial charge in [-0.05, 0) is 56.7 Å². The third-order valence-corrected chi connectivity index (χ3v) is 3.40. The first-order chi connectivity index (χ1) is 10.9. The normalized spacial score (nSPS) is 13.2. The molecule has 6 nitrogen and oxygen atoms in total. The van der Waals surface area contributed by atoms with Gasteiger partial charge in [-0.1, -0.05) is 0 Å². The molecule has 2 rings (SSSR count). The van der Waals surface area contributed by atoms with Crippen molar-refractivity contribution < 1.29 is 19.1 Å². The predicted molar refractivity (Wildman–Crippen MR) is 87.6 cm³/mol. The summed E-state index contributed by atoms with van der Waals surface area (Å²) in [5, 5.41) is 15.7. The van der Waals surface area contributed by atoms with Gasteiger partial charge in [0.2, 0.25) is 0 Å². The summed E-state index contributed by atoms with van der Waals surface area (Å²) < 4.78 is 10.6. The Labute approximate surface area is 135 Å². The molecule has 0 spiro atoms. The molecule has 0 saturated heterocycles. The zero-order chi connectivity index (χ0) is 16.9. The number of benzene rings is 1. The third kappa shape index (κ3) is 4.50. The Morgan fingerprint density at radius 1 is 1.39 bits per heavy atom. The molecule has 1 atom stereocenters. The second-order valence-electron chi connectivity index (χ2n) is 5.47. The van der Waals surface area contributed by atoms with Crippen LogP contribution in [0.5, 0.6) is 5.75 Å². The Morgan fingerprint density at radius 2 is 2.17 bits per heavy atom. The van der Waals surface area contributed by atoms with E-state index in [4.69, 9.17) is 9.15 Å². The summed E-state index contributed by atoms with van der Waals surface area (Å²) >= 11 is 0. The number of hydrogen-bond donors (Lipinski definition) is 3. The zero-order valence-electron chi connectivity index (χ0n) is 13.6. The topological polar surface area (TPSA) is 83.7 Å². The van der Waals surface area contributed by atoms with Crippen LogP contribution in [0.2, 0.25) is 0 Å². The lowest BCUT2D eigenvalue weighted by molar-refractivity contribution is 0.0372. The summed E-state index contributed by atoms with van der Waals surface area (Å²) in [5.41, 5.74) is 0.307. The van der Waals surface area contributed by atoms with E-state index < -0.39 is 11.6 Å². The van der Waals surface area contributed by atoms with Crippen molar-refractivity contribution in [3.8, 4) is 5.75 Å². The molecule has 0 aliphatic rings. The molecule has 23 heavy (non-hydrogen) atoms. The van der Waals surface area contributed by atoms with Crippen LogP contribution in [0.1, 0.15) is 25.2 Å². The molecule has 0 radical (unpaired) electrons. The molecule has 0 fully saturated rings. The molecule has 0 aliphatic carbocycles. The highest BCUT2D eigenvalue weighted by atomic mass is 16.5. The van der Waals surface area contributed by atoms with Gasteiger partial charge in [0, 0.05) is 5.69 Å². The number of aryl methyl sites for hydroxylation is 1. The smallest absolute Gasteiger partial charge is 0.319 e. The first-order valence-electron chi connectivity index (χ1n) is 7.47. The van der Waals surface area contributed by atoms with Crippen LogP contribution < -0.4 is 15.4 Å². The second-order valence-corrected chi connectivity index (χ2v) is 5.47. The van der Waals surface area contributed by atoms with Crippen LogP contribution in [0.25, 0.3) is 0 Å². The first kappa shape index (κ1) is 16.9. The van der Waals surface area contributed by atoms with Crippen molar-refractivity contribution in [3.63, 3.8) is 0 Å². The van der Waals surface area contributed by atoms with Crippen LogP contribution in [0.3, 0.4) is 0 Å². The van der Waals surface area contributed by atoms with Gasteiger partial charge in [-0.15, -0.1) is 0 Å². The average Bonchev–Trinajstić information content (AvgIpc) is 3.04. The van der Waals surface area contributed by atoms with E-state index in [1.807, 2.05) is 19.9 Å². The van der Waals surface area contributed by atoms with Crippen molar-refractivity contribution in [2.75, 3.05) is 18.5 Å². The van der Waals surface area contributed by atoms with Crippen LogP contribution in [0, 0.1) is 6.92 Å². The number of rotatable bonds is 6. The minimum absolute atomic E-state index is 0.0302. The molecule has 2 aromatic rings. The van der Waals surface area contributed by atoms with Gasteiger partial charge in [-0.2, -0.15) is 0 Å². The van der Waals surface area contributed by atoms with Crippen LogP contribution in [0.15, 0.2) is 41.0 Å². The number of amides is 2. The highest BCUT2D eigenvalue weighted by Crippen LogP contribution is 2.22. The number of ether oxygens (including phenoxy) is 1. The van der Waals surface area contributed by atoms with Crippen molar-refractivity contribution in [3.05, 3.63) is 47.9 Å².